The second kappa shape index (κ2) is 6.13. The van der Waals surface area contributed by atoms with Crippen LogP contribution < -0.4 is 10.1 Å². The molecule has 0 aliphatic carbocycles. The van der Waals surface area contributed by atoms with Gasteiger partial charge in [-0.1, -0.05) is 0 Å². The van der Waals surface area contributed by atoms with Crippen molar-refractivity contribution in [3.05, 3.63) is 12.3 Å². The zero-order valence-electron chi connectivity index (χ0n) is 12.3. The van der Waals surface area contributed by atoms with Crippen LogP contribution in [-0.2, 0) is 4.74 Å². The minimum Gasteiger partial charge on any atom is -0.481 e. The van der Waals surface area contributed by atoms with Gasteiger partial charge in [-0.15, -0.1) is 0 Å². The largest absolute Gasteiger partial charge is 0.481 e. The van der Waals surface area contributed by atoms with E-state index in [0.717, 1.165) is 26.0 Å². The summed E-state index contributed by atoms with van der Waals surface area (Å²) in [6.45, 7) is 2.90. The van der Waals surface area contributed by atoms with Gasteiger partial charge >= 0.3 is 0 Å². The Balaban J connectivity index is 1.71. The Morgan fingerprint density at radius 1 is 1.62 bits per heavy atom. The number of hydrogen-bond donors (Lipinski definition) is 2. The number of aliphatic hydroxyl groups excluding tert-OH is 1. The van der Waals surface area contributed by atoms with Crippen molar-refractivity contribution >= 4 is 5.95 Å². The lowest BCUT2D eigenvalue weighted by Crippen LogP contribution is -2.64. The molecule has 2 atom stereocenters. The number of nitrogens with one attached hydrogen (secondary N) is 1. The van der Waals surface area contributed by atoms with E-state index in [2.05, 4.69) is 20.2 Å². The number of hydrogen-bond acceptors (Lipinski definition) is 7. The number of aromatic nitrogens is 2. The fraction of sp³-hybridized carbons (Fsp3) is 0.714. The van der Waals surface area contributed by atoms with E-state index < -0.39 is 5.54 Å². The van der Waals surface area contributed by atoms with Crippen LogP contribution >= 0.6 is 0 Å². The van der Waals surface area contributed by atoms with E-state index in [0.29, 0.717) is 31.0 Å². The van der Waals surface area contributed by atoms with Crippen LogP contribution in [0, 0.1) is 0 Å². The van der Waals surface area contributed by atoms with E-state index in [4.69, 9.17) is 9.47 Å². The van der Waals surface area contributed by atoms with E-state index in [-0.39, 0.29) is 6.61 Å². The molecule has 0 aromatic carbocycles. The summed E-state index contributed by atoms with van der Waals surface area (Å²) >= 11 is 0. The molecule has 7 nitrogen and oxygen atoms in total. The average molecular weight is 294 g/mol. The maximum atomic E-state index is 9.94. The van der Waals surface area contributed by atoms with Gasteiger partial charge in [0, 0.05) is 24.8 Å². The van der Waals surface area contributed by atoms with Gasteiger partial charge in [0.25, 0.3) is 0 Å². The maximum absolute atomic E-state index is 9.94. The summed E-state index contributed by atoms with van der Waals surface area (Å²) in [4.78, 5) is 10.8. The first kappa shape index (κ1) is 14.5. The Hall–Kier alpha value is -1.44. The van der Waals surface area contributed by atoms with Crippen LogP contribution in [0.4, 0.5) is 5.95 Å². The molecule has 3 heterocycles. The van der Waals surface area contributed by atoms with Gasteiger partial charge in [-0.3, -0.25) is 4.90 Å². The molecule has 116 valence electrons. The van der Waals surface area contributed by atoms with Crippen molar-refractivity contribution in [1.29, 1.82) is 0 Å². The molecule has 2 N–H and O–H groups in total. The summed E-state index contributed by atoms with van der Waals surface area (Å²) in [5.74, 6) is 1.02. The first-order valence-electron chi connectivity index (χ1n) is 7.34. The fourth-order valence-corrected chi connectivity index (χ4v) is 3.23. The minimum atomic E-state index is -0.397. The van der Waals surface area contributed by atoms with Crippen molar-refractivity contribution < 1.29 is 14.6 Å². The topological polar surface area (TPSA) is 79.7 Å². The molecule has 3 rings (SSSR count). The number of aliphatic hydroxyl groups is 1. The third-order valence-corrected chi connectivity index (χ3v) is 4.38. The number of nitrogens with zero attached hydrogens (tertiary/aromatic N) is 3. The van der Waals surface area contributed by atoms with Crippen molar-refractivity contribution in [3.63, 3.8) is 0 Å². The fourth-order valence-electron chi connectivity index (χ4n) is 3.23. The van der Waals surface area contributed by atoms with Crippen molar-refractivity contribution in [2.24, 2.45) is 0 Å². The van der Waals surface area contributed by atoms with E-state index >= 15 is 0 Å². The monoisotopic (exact) mass is 294 g/mol. The van der Waals surface area contributed by atoms with Crippen LogP contribution in [0.25, 0.3) is 0 Å². The van der Waals surface area contributed by atoms with Gasteiger partial charge in [0.2, 0.25) is 11.8 Å². The lowest BCUT2D eigenvalue weighted by atomic mass is 9.96. The summed E-state index contributed by atoms with van der Waals surface area (Å²) in [6, 6.07) is 2.12. The lowest BCUT2D eigenvalue weighted by molar-refractivity contribution is -0.101. The zero-order valence-corrected chi connectivity index (χ0v) is 12.3. The van der Waals surface area contributed by atoms with Crippen molar-refractivity contribution in [2.75, 3.05) is 45.3 Å². The smallest absolute Gasteiger partial charge is 0.226 e. The summed E-state index contributed by atoms with van der Waals surface area (Å²) in [6.07, 6.45) is 3.94. The molecule has 0 amide bonds. The summed E-state index contributed by atoms with van der Waals surface area (Å²) < 4.78 is 10.8. The third kappa shape index (κ3) is 2.81. The van der Waals surface area contributed by atoms with Gasteiger partial charge in [0.1, 0.15) is 0 Å². The summed E-state index contributed by atoms with van der Waals surface area (Å²) in [7, 11) is 1.57. The molecule has 2 saturated heterocycles. The van der Waals surface area contributed by atoms with Gasteiger partial charge in [0.15, 0.2) is 0 Å². The summed E-state index contributed by atoms with van der Waals surface area (Å²) in [5.41, 5.74) is -0.397. The third-order valence-electron chi connectivity index (χ3n) is 4.38. The molecular weight excluding hydrogens is 272 g/mol. The molecule has 21 heavy (non-hydrogen) atoms. The van der Waals surface area contributed by atoms with Crippen LogP contribution in [0.1, 0.15) is 12.8 Å². The lowest BCUT2D eigenvalue weighted by Gasteiger charge is -2.47. The molecule has 7 heteroatoms. The van der Waals surface area contributed by atoms with Crippen molar-refractivity contribution in [3.8, 4) is 5.88 Å². The molecule has 0 unspecified atom stereocenters. The van der Waals surface area contributed by atoms with Gasteiger partial charge < -0.3 is 19.9 Å². The highest BCUT2D eigenvalue weighted by molar-refractivity contribution is 5.28. The molecule has 2 aliphatic rings. The number of methoxy groups -OCH3 is 1. The van der Waals surface area contributed by atoms with Gasteiger partial charge in [0.05, 0.1) is 32.5 Å². The number of ether oxygens (including phenoxy) is 2. The Kier molecular flexibility index (Phi) is 4.23. The number of fused-ring (bicyclic) bond motifs is 1. The highest BCUT2D eigenvalue weighted by Gasteiger charge is 2.45. The standard InChI is InChI=1S/C14H22N4O3/c1-20-12-4-5-15-13(17-12)16-8-14(9-19)10-21-7-11-3-2-6-18(11)14/h4-5,11,19H,2-3,6-10H2,1H3,(H,15,16,17)/t11-,14+/m0/s1. The zero-order chi connectivity index (χ0) is 14.7. The van der Waals surface area contributed by atoms with Crippen LogP contribution in [-0.4, -0.2) is 71.6 Å². The van der Waals surface area contributed by atoms with Crippen LogP contribution in [0.5, 0.6) is 5.88 Å². The molecular formula is C14H22N4O3. The highest BCUT2D eigenvalue weighted by atomic mass is 16.5. The minimum absolute atomic E-state index is 0.0560. The first-order chi connectivity index (χ1) is 10.3. The Morgan fingerprint density at radius 2 is 2.52 bits per heavy atom. The van der Waals surface area contributed by atoms with Gasteiger partial charge in [-0.05, 0) is 19.4 Å². The maximum Gasteiger partial charge on any atom is 0.226 e. The number of morpholine rings is 1. The molecule has 0 radical (unpaired) electrons. The Morgan fingerprint density at radius 3 is 3.33 bits per heavy atom. The predicted octanol–water partition coefficient (Wildman–Crippen LogP) is 0.123. The van der Waals surface area contributed by atoms with Crippen molar-refractivity contribution in [2.45, 2.75) is 24.4 Å². The number of anilines is 1. The van der Waals surface area contributed by atoms with Crippen molar-refractivity contribution in [1.82, 2.24) is 14.9 Å². The summed E-state index contributed by atoms with van der Waals surface area (Å²) in [5, 5.41) is 13.1. The number of rotatable bonds is 5. The van der Waals surface area contributed by atoms with Gasteiger partial charge in [-0.2, -0.15) is 4.98 Å². The average Bonchev–Trinajstić information content (AvgIpc) is 3.02. The molecule has 2 aliphatic heterocycles. The Labute approximate surface area is 124 Å². The quantitative estimate of drug-likeness (QED) is 0.798. The Bertz CT molecular complexity index is 487. The molecule has 1 aromatic heterocycles. The van der Waals surface area contributed by atoms with E-state index in [1.54, 1.807) is 19.4 Å². The SMILES string of the molecule is COc1ccnc(NC[C@@]2(CO)COC[C@@H]3CCCN32)n1. The molecule has 1 aromatic rings. The predicted molar refractivity (Wildman–Crippen MR) is 77.4 cm³/mol. The highest BCUT2D eigenvalue weighted by Crippen LogP contribution is 2.31. The van der Waals surface area contributed by atoms with Crippen LogP contribution in [0.15, 0.2) is 12.3 Å². The first-order valence-corrected chi connectivity index (χ1v) is 7.34. The molecule has 0 saturated carbocycles. The molecule has 0 bridgehead atoms. The van der Waals surface area contributed by atoms with Crippen LogP contribution in [0.2, 0.25) is 0 Å². The molecule has 2 fully saturated rings. The second-order valence-corrected chi connectivity index (χ2v) is 5.66. The molecule has 0 spiro atoms. The van der Waals surface area contributed by atoms with E-state index in [1.165, 1.54) is 0 Å². The second-order valence-electron chi connectivity index (χ2n) is 5.66. The normalized spacial score (nSPS) is 29.1. The van der Waals surface area contributed by atoms with E-state index in [9.17, 15) is 5.11 Å². The van der Waals surface area contributed by atoms with Crippen LogP contribution in [0.3, 0.4) is 0 Å². The van der Waals surface area contributed by atoms with E-state index in [1.807, 2.05) is 0 Å². The van der Waals surface area contributed by atoms with Gasteiger partial charge in [-0.25, -0.2) is 4.98 Å².